The van der Waals surface area contributed by atoms with Crippen LogP contribution in [0.3, 0.4) is 0 Å². The van der Waals surface area contributed by atoms with E-state index in [4.69, 9.17) is 4.74 Å². The fraction of sp³-hybridized carbons (Fsp3) is 0.650. The largest absolute Gasteiger partial charge is 0.462 e. The number of ether oxygens (including phenoxy) is 1. The summed E-state index contributed by atoms with van der Waals surface area (Å²) in [4.78, 5) is 39.1. The summed E-state index contributed by atoms with van der Waals surface area (Å²) in [6.45, 7) is 3.85. The van der Waals surface area contributed by atoms with Gasteiger partial charge in [-0.2, -0.15) is 0 Å². The molecule has 8 heteroatoms. The van der Waals surface area contributed by atoms with Crippen molar-refractivity contribution in [1.29, 1.82) is 0 Å². The summed E-state index contributed by atoms with van der Waals surface area (Å²) in [6, 6.07) is 0. The van der Waals surface area contributed by atoms with Crippen molar-refractivity contribution in [3.63, 3.8) is 0 Å². The Bertz CT molecular complexity index is 966. The predicted molar refractivity (Wildman–Crippen MR) is 109 cm³/mol. The van der Waals surface area contributed by atoms with E-state index in [9.17, 15) is 19.5 Å². The van der Waals surface area contributed by atoms with Gasteiger partial charge in [-0.05, 0) is 31.7 Å². The quantitative estimate of drug-likeness (QED) is 0.712. The highest BCUT2D eigenvalue weighted by Gasteiger charge is 2.24. The minimum absolute atomic E-state index is 0.0545. The molecule has 2 aromatic rings. The molecule has 1 aliphatic rings. The Morgan fingerprint density at radius 2 is 1.89 bits per heavy atom. The molecule has 1 N–H and O–H groups in total. The van der Waals surface area contributed by atoms with Crippen LogP contribution in [0.5, 0.6) is 0 Å². The summed E-state index contributed by atoms with van der Waals surface area (Å²) in [5, 5.41) is 9.70. The molecule has 0 amide bonds. The number of thiophene rings is 1. The second-order valence-electron chi connectivity index (χ2n) is 7.36. The molecular formula is C20H28N2O5S. The van der Waals surface area contributed by atoms with Crippen LogP contribution in [0.1, 0.15) is 60.7 Å². The highest BCUT2D eigenvalue weighted by Crippen LogP contribution is 2.30. The minimum atomic E-state index is -0.472. The van der Waals surface area contributed by atoms with Crippen molar-refractivity contribution in [3.8, 4) is 0 Å². The highest BCUT2D eigenvalue weighted by atomic mass is 32.1. The van der Waals surface area contributed by atoms with Gasteiger partial charge in [0.1, 0.15) is 9.71 Å². The maximum absolute atomic E-state index is 13.0. The molecule has 0 spiro atoms. The van der Waals surface area contributed by atoms with Gasteiger partial charge in [0.15, 0.2) is 0 Å². The molecule has 0 atom stereocenters. The number of carbonyl (C=O) groups is 1. The van der Waals surface area contributed by atoms with E-state index in [2.05, 4.69) is 0 Å². The Balaban J connectivity index is 2.11. The van der Waals surface area contributed by atoms with Crippen molar-refractivity contribution in [2.45, 2.75) is 65.5 Å². The number of fused-ring (bicyclic) bond motifs is 1. The van der Waals surface area contributed by atoms with Crippen molar-refractivity contribution in [1.82, 2.24) is 9.13 Å². The van der Waals surface area contributed by atoms with E-state index in [1.807, 2.05) is 0 Å². The Kier molecular flexibility index (Phi) is 6.72. The van der Waals surface area contributed by atoms with E-state index >= 15 is 0 Å². The van der Waals surface area contributed by atoms with Gasteiger partial charge < -0.3 is 9.84 Å². The molecule has 3 rings (SSSR count). The fourth-order valence-electron chi connectivity index (χ4n) is 4.07. The Labute approximate surface area is 167 Å². The van der Waals surface area contributed by atoms with Gasteiger partial charge in [0.2, 0.25) is 0 Å². The normalized spacial score (nSPS) is 15.2. The molecule has 1 aliphatic carbocycles. The monoisotopic (exact) mass is 408 g/mol. The molecule has 1 fully saturated rings. The average Bonchev–Trinajstić information content (AvgIpc) is 3.03. The minimum Gasteiger partial charge on any atom is -0.462 e. The Morgan fingerprint density at radius 3 is 2.54 bits per heavy atom. The summed E-state index contributed by atoms with van der Waals surface area (Å²) >= 11 is 1.15. The lowest BCUT2D eigenvalue weighted by Gasteiger charge is -2.22. The number of aliphatic hydroxyl groups excluding tert-OH is 1. The first kappa shape index (κ1) is 20.8. The summed E-state index contributed by atoms with van der Waals surface area (Å²) < 4.78 is 7.81. The third-order valence-corrected chi connectivity index (χ3v) is 6.86. The van der Waals surface area contributed by atoms with Gasteiger partial charge >= 0.3 is 11.7 Å². The van der Waals surface area contributed by atoms with E-state index in [-0.39, 0.29) is 19.8 Å². The molecule has 0 radical (unpaired) electrons. The number of aliphatic hydroxyl groups is 1. The van der Waals surface area contributed by atoms with Gasteiger partial charge in [-0.1, -0.05) is 32.1 Å². The van der Waals surface area contributed by atoms with Gasteiger partial charge in [-0.3, -0.25) is 13.9 Å². The number of aryl methyl sites for hydroxylation is 2. The highest BCUT2D eigenvalue weighted by molar-refractivity contribution is 7.20. The average molecular weight is 409 g/mol. The van der Waals surface area contributed by atoms with Gasteiger partial charge in [0, 0.05) is 6.54 Å². The molecule has 2 heterocycles. The third-order valence-electron chi connectivity index (χ3n) is 5.56. The maximum atomic E-state index is 13.0. The van der Waals surface area contributed by atoms with Gasteiger partial charge in [0.05, 0.1) is 25.1 Å². The SMILES string of the molecule is CCOC(=O)c1sc2c(c1C)c(=O)n(CCO)c(=O)n2CCC1CCCCC1. The predicted octanol–water partition coefficient (Wildman–Crippen LogP) is 2.67. The molecular weight excluding hydrogens is 380 g/mol. The number of rotatable bonds is 7. The summed E-state index contributed by atoms with van der Waals surface area (Å²) in [5.41, 5.74) is -0.326. The number of esters is 1. The van der Waals surface area contributed by atoms with Crippen LogP contribution in [-0.4, -0.2) is 33.4 Å². The standard InChI is InChI=1S/C20H28N2O5S/c1-3-27-19(25)16-13(2)15-17(24)21(11-12-23)20(26)22(18(15)28-16)10-9-14-7-5-4-6-8-14/h14,23H,3-12H2,1-2H3. The van der Waals surface area contributed by atoms with Crippen LogP contribution in [-0.2, 0) is 17.8 Å². The lowest BCUT2D eigenvalue weighted by atomic mass is 9.87. The van der Waals surface area contributed by atoms with Crippen LogP contribution in [0.4, 0.5) is 0 Å². The maximum Gasteiger partial charge on any atom is 0.348 e. The van der Waals surface area contributed by atoms with Crippen molar-refractivity contribution in [2.24, 2.45) is 5.92 Å². The first-order chi connectivity index (χ1) is 13.5. The van der Waals surface area contributed by atoms with Crippen LogP contribution in [0.2, 0.25) is 0 Å². The molecule has 2 aromatic heterocycles. The zero-order valence-corrected chi connectivity index (χ0v) is 17.3. The van der Waals surface area contributed by atoms with Crippen LogP contribution in [0, 0.1) is 12.8 Å². The number of hydrogen-bond donors (Lipinski definition) is 1. The molecule has 7 nitrogen and oxygen atoms in total. The van der Waals surface area contributed by atoms with E-state index in [1.54, 1.807) is 18.4 Å². The van der Waals surface area contributed by atoms with Crippen LogP contribution in [0.25, 0.3) is 10.2 Å². The summed E-state index contributed by atoms with van der Waals surface area (Å²) in [6.07, 6.45) is 6.94. The van der Waals surface area contributed by atoms with E-state index < -0.39 is 17.2 Å². The number of nitrogens with zero attached hydrogens (tertiary/aromatic N) is 2. The fourth-order valence-corrected chi connectivity index (χ4v) is 5.28. The second kappa shape index (κ2) is 9.05. The molecule has 0 aliphatic heterocycles. The zero-order chi connectivity index (χ0) is 20.3. The molecule has 0 aromatic carbocycles. The van der Waals surface area contributed by atoms with Crippen molar-refractivity contribution >= 4 is 27.5 Å². The first-order valence-electron chi connectivity index (χ1n) is 10.0. The van der Waals surface area contributed by atoms with Crippen molar-refractivity contribution in [3.05, 3.63) is 31.3 Å². The summed E-state index contributed by atoms with van der Waals surface area (Å²) in [5.74, 6) is 0.111. The number of carbonyl (C=O) groups excluding carboxylic acids is 1. The Hall–Kier alpha value is -1.93. The van der Waals surface area contributed by atoms with Gasteiger partial charge in [0.25, 0.3) is 5.56 Å². The Morgan fingerprint density at radius 1 is 1.18 bits per heavy atom. The van der Waals surface area contributed by atoms with Crippen LogP contribution in [0.15, 0.2) is 9.59 Å². The summed E-state index contributed by atoms with van der Waals surface area (Å²) in [7, 11) is 0. The van der Waals surface area contributed by atoms with E-state index in [1.165, 1.54) is 32.1 Å². The molecule has 0 bridgehead atoms. The lowest BCUT2D eigenvalue weighted by Crippen LogP contribution is -2.40. The third kappa shape index (κ3) is 3.93. The first-order valence-corrected chi connectivity index (χ1v) is 10.9. The lowest BCUT2D eigenvalue weighted by molar-refractivity contribution is 0.0531. The number of hydrogen-bond acceptors (Lipinski definition) is 6. The number of aromatic nitrogens is 2. The topological polar surface area (TPSA) is 90.5 Å². The molecule has 0 saturated heterocycles. The van der Waals surface area contributed by atoms with E-state index in [0.717, 1.165) is 22.3 Å². The zero-order valence-electron chi connectivity index (χ0n) is 16.5. The molecule has 28 heavy (non-hydrogen) atoms. The molecule has 154 valence electrons. The smallest absolute Gasteiger partial charge is 0.348 e. The second-order valence-corrected chi connectivity index (χ2v) is 8.36. The van der Waals surface area contributed by atoms with Crippen molar-refractivity contribution in [2.75, 3.05) is 13.2 Å². The molecule has 1 saturated carbocycles. The van der Waals surface area contributed by atoms with Crippen molar-refractivity contribution < 1.29 is 14.6 Å². The van der Waals surface area contributed by atoms with Gasteiger partial charge in [-0.25, -0.2) is 9.59 Å². The van der Waals surface area contributed by atoms with Crippen LogP contribution < -0.4 is 11.2 Å². The molecule has 0 unspecified atom stereocenters. The van der Waals surface area contributed by atoms with E-state index in [0.29, 0.717) is 33.1 Å². The van der Waals surface area contributed by atoms with Crippen LogP contribution >= 0.6 is 11.3 Å². The van der Waals surface area contributed by atoms with Gasteiger partial charge in [-0.15, -0.1) is 11.3 Å².